The number of nitrogens with zero attached hydrogens (tertiary/aromatic N) is 2. The van der Waals surface area contributed by atoms with Gasteiger partial charge in [0.15, 0.2) is 0 Å². The van der Waals surface area contributed by atoms with E-state index in [0.717, 1.165) is 21.9 Å². The average Bonchev–Trinajstić information content (AvgIpc) is 3.15. The highest BCUT2D eigenvalue weighted by molar-refractivity contribution is 6.07. The van der Waals surface area contributed by atoms with Crippen molar-refractivity contribution in [3.8, 4) is 11.4 Å². The van der Waals surface area contributed by atoms with E-state index in [1.807, 2.05) is 18.2 Å². The standard InChI is InChI=1S/C13H9N3O3/c14-6-10-15-13(16-19-10)11-8-2-4-17-9(8)5-7-1-3-18-12(7)11/h1-5H,6,14H2. The van der Waals surface area contributed by atoms with Gasteiger partial charge in [0.1, 0.15) is 11.2 Å². The van der Waals surface area contributed by atoms with Crippen molar-refractivity contribution in [1.82, 2.24) is 10.1 Å². The zero-order valence-corrected chi connectivity index (χ0v) is 9.79. The third-order valence-electron chi connectivity index (χ3n) is 3.04. The molecule has 19 heavy (non-hydrogen) atoms. The second kappa shape index (κ2) is 3.69. The number of nitrogens with two attached hydrogens (primary N) is 1. The van der Waals surface area contributed by atoms with Crippen LogP contribution in [0.25, 0.3) is 33.3 Å². The minimum Gasteiger partial charge on any atom is -0.464 e. The lowest BCUT2D eigenvalue weighted by molar-refractivity contribution is 0.380. The maximum Gasteiger partial charge on any atom is 0.240 e. The van der Waals surface area contributed by atoms with E-state index in [4.69, 9.17) is 19.1 Å². The molecule has 94 valence electrons. The van der Waals surface area contributed by atoms with Gasteiger partial charge in [0, 0.05) is 10.8 Å². The Balaban J connectivity index is 2.13. The summed E-state index contributed by atoms with van der Waals surface area (Å²) in [6, 6.07) is 5.64. The zero-order valence-electron chi connectivity index (χ0n) is 9.79. The van der Waals surface area contributed by atoms with Crippen LogP contribution in [0.15, 0.2) is 44.1 Å². The Labute approximate surface area is 106 Å². The molecule has 0 radical (unpaired) electrons. The highest BCUT2D eigenvalue weighted by atomic mass is 16.5. The van der Waals surface area contributed by atoms with Gasteiger partial charge in [-0.05, 0) is 18.2 Å². The first-order valence-electron chi connectivity index (χ1n) is 5.77. The number of fused-ring (bicyclic) bond motifs is 2. The molecule has 4 aromatic rings. The molecule has 0 aliphatic heterocycles. The molecule has 3 heterocycles. The molecule has 0 amide bonds. The summed E-state index contributed by atoms with van der Waals surface area (Å²) in [5.74, 6) is 0.836. The van der Waals surface area contributed by atoms with Gasteiger partial charge in [-0.25, -0.2) is 0 Å². The monoisotopic (exact) mass is 255 g/mol. The zero-order chi connectivity index (χ0) is 12.8. The fourth-order valence-electron chi connectivity index (χ4n) is 2.20. The molecule has 0 atom stereocenters. The first-order chi connectivity index (χ1) is 9.36. The SMILES string of the molecule is NCc1nc(-c2c3ccoc3cc3ccoc23)no1. The van der Waals surface area contributed by atoms with Crippen LogP contribution >= 0.6 is 0 Å². The van der Waals surface area contributed by atoms with Crippen molar-refractivity contribution >= 4 is 21.9 Å². The van der Waals surface area contributed by atoms with Gasteiger partial charge < -0.3 is 19.1 Å². The summed E-state index contributed by atoms with van der Waals surface area (Å²) < 4.78 is 16.0. The normalized spacial score (nSPS) is 11.6. The van der Waals surface area contributed by atoms with Crippen LogP contribution in [0.3, 0.4) is 0 Å². The van der Waals surface area contributed by atoms with E-state index in [1.165, 1.54) is 0 Å². The van der Waals surface area contributed by atoms with E-state index in [-0.39, 0.29) is 6.54 Å². The highest BCUT2D eigenvalue weighted by Crippen LogP contribution is 2.35. The maximum absolute atomic E-state index is 5.53. The molecule has 0 unspecified atom stereocenters. The Morgan fingerprint density at radius 1 is 1.16 bits per heavy atom. The molecule has 0 saturated carbocycles. The van der Waals surface area contributed by atoms with E-state index in [9.17, 15) is 0 Å². The highest BCUT2D eigenvalue weighted by Gasteiger charge is 2.18. The van der Waals surface area contributed by atoms with Crippen LogP contribution in [0, 0.1) is 0 Å². The molecule has 6 heteroatoms. The lowest BCUT2D eigenvalue weighted by Gasteiger charge is -1.98. The van der Waals surface area contributed by atoms with Gasteiger partial charge in [-0.15, -0.1) is 0 Å². The van der Waals surface area contributed by atoms with Crippen LogP contribution in [0.2, 0.25) is 0 Å². The lowest BCUT2D eigenvalue weighted by Crippen LogP contribution is -1.95. The van der Waals surface area contributed by atoms with Crippen molar-refractivity contribution in [2.45, 2.75) is 6.54 Å². The molecule has 3 aromatic heterocycles. The number of aromatic nitrogens is 2. The van der Waals surface area contributed by atoms with Crippen molar-refractivity contribution in [2.24, 2.45) is 5.73 Å². The number of furan rings is 2. The van der Waals surface area contributed by atoms with Crippen LogP contribution in [0.5, 0.6) is 0 Å². The molecule has 0 aliphatic carbocycles. The largest absolute Gasteiger partial charge is 0.464 e. The van der Waals surface area contributed by atoms with E-state index in [0.29, 0.717) is 17.3 Å². The van der Waals surface area contributed by atoms with Crippen LogP contribution in [0.1, 0.15) is 5.89 Å². The van der Waals surface area contributed by atoms with Crippen LogP contribution < -0.4 is 5.73 Å². The summed E-state index contributed by atoms with van der Waals surface area (Å²) in [6.45, 7) is 0.204. The van der Waals surface area contributed by atoms with Crippen LogP contribution in [0.4, 0.5) is 0 Å². The first-order valence-corrected chi connectivity index (χ1v) is 5.77. The van der Waals surface area contributed by atoms with Gasteiger partial charge in [0.2, 0.25) is 11.7 Å². The predicted molar refractivity (Wildman–Crippen MR) is 67.2 cm³/mol. The minimum absolute atomic E-state index is 0.204. The summed E-state index contributed by atoms with van der Waals surface area (Å²) in [4.78, 5) is 4.25. The van der Waals surface area contributed by atoms with E-state index in [1.54, 1.807) is 12.5 Å². The summed E-state index contributed by atoms with van der Waals surface area (Å²) in [7, 11) is 0. The fraction of sp³-hybridized carbons (Fsp3) is 0.0769. The smallest absolute Gasteiger partial charge is 0.240 e. The van der Waals surface area contributed by atoms with Crippen LogP contribution in [-0.2, 0) is 6.54 Å². The Bertz CT molecular complexity index is 823. The summed E-state index contributed by atoms with van der Waals surface area (Å²) in [6.07, 6.45) is 3.24. The van der Waals surface area contributed by atoms with Gasteiger partial charge in [-0.2, -0.15) is 4.98 Å². The second-order valence-corrected chi connectivity index (χ2v) is 4.14. The van der Waals surface area contributed by atoms with Crippen molar-refractivity contribution in [1.29, 1.82) is 0 Å². The maximum atomic E-state index is 5.53. The second-order valence-electron chi connectivity index (χ2n) is 4.14. The van der Waals surface area contributed by atoms with Crippen molar-refractivity contribution in [2.75, 3.05) is 0 Å². The van der Waals surface area contributed by atoms with Gasteiger partial charge in [-0.1, -0.05) is 5.16 Å². The Morgan fingerprint density at radius 2 is 2.05 bits per heavy atom. The minimum atomic E-state index is 0.204. The van der Waals surface area contributed by atoms with Crippen molar-refractivity contribution < 1.29 is 13.4 Å². The summed E-state index contributed by atoms with van der Waals surface area (Å²) in [5, 5.41) is 5.76. The van der Waals surface area contributed by atoms with Crippen molar-refractivity contribution in [3.63, 3.8) is 0 Å². The molecule has 6 nitrogen and oxygen atoms in total. The number of hydrogen-bond acceptors (Lipinski definition) is 6. The predicted octanol–water partition coefficient (Wildman–Crippen LogP) is 2.69. The van der Waals surface area contributed by atoms with E-state index in [2.05, 4.69) is 10.1 Å². The summed E-state index contributed by atoms with van der Waals surface area (Å²) >= 11 is 0. The lowest BCUT2D eigenvalue weighted by atomic mass is 10.1. The number of hydrogen-bond donors (Lipinski definition) is 1. The molecule has 4 rings (SSSR count). The van der Waals surface area contributed by atoms with Gasteiger partial charge >= 0.3 is 0 Å². The Morgan fingerprint density at radius 3 is 2.89 bits per heavy atom. The quantitative estimate of drug-likeness (QED) is 0.592. The molecular formula is C13H9N3O3. The molecule has 1 aromatic carbocycles. The molecule has 0 saturated heterocycles. The van der Waals surface area contributed by atoms with Crippen LogP contribution in [-0.4, -0.2) is 10.1 Å². The molecule has 0 fully saturated rings. The number of rotatable bonds is 2. The number of benzene rings is 1. The van der Waals surface area contributed by atoms with Gasteiger partial charge in [-0.3, -0.25) is 0 Å². The van der Waals surface area contributed by atoms with E-state index >= 15 is 0 Å². The Hall–Kier alpha value is -2.60. The summed E-state index contributed by atoms with van der Waals surface area (Å²) in [5.41, 5.74) is 7.71. The average molecular weight is 255 g/mol. The van der Waals surface area contributed by atoms with E-state index < -0.39 is 0 Å². The fourth-order valence-corrected chi connectivity index (χ4v) is 2.20. The molecular weight excluding hydrogens is 246 g/mol. The third-order valence-corrected chi connectivity index (χ3v) is 3.04. The molecule has 0 bridgehead atoms. The molecule has 0 spiro atoms. The van der Waals surface area contributed by atoms with Gasteiger partial charge in [0.05, 0.1) is 24.6 Å². The molecule has 2 N–H and O–H groups in total. The first kappa shape index (κ1) is 10.3. The third kappa shape index (κ3) is 1.40. The molecule has 0 aliphatic rings. The topological polar surface area (TPSA) is 91.2 Å². The Kier molecular flexibility index (Phi) is 2.01. The van der Waals surface area contributed by atoms with Gasteiger partial charge in [0.25, 0.3) is 0 Å². The van der Waals surface area contributed by atoms with Crippen molar-refractivity contribution in [3.05, 3.63) is 36.6 Å².